The van der Waals surface area contributed by atoms with Crippen LogP contribution in [0, 0.1) is 5.82 Å². The van der Waals surface area contributed by atoms with Crippen molar-refractivity contribution in [3.63, 3.8) is 0 Å². The molecule has 2 aromatic rings. The van der Waals surface area contributed by atoms with Crippen LogP contribution in [-0.2, 0) is 6.54 Å². The molecule has 1 aromatic heterocycles. The third-order valence-corrected chi connectivity index (χ3v) is 3.73. The van der Waals surface area contributed by atoms with Crippen molar-refractivity contribution < 1.29 is 9.18 Å². The van der Waals surface area contributed by atoms with Gasteiger partial charge in [-0.05, 0) is 47.5 Å². The molecule has 0 bridgehead atoms. The molecule has 8 heteroatoms. The third-order valence-electron chi connectivity index (χ3n) is 3.39. The summed E-state index contributed by atoms with van der Waals surface area (Å²) in [5.74, 6) is -0.310. The van der Waals surface area contributed by atoms with Gasteiger partial charge in [0, 0.05) is 12.1 Å². The summed E-state index contributed by atoms with van der Waals surface area (Å²) >= 11 is 3.19. The zero-order chi connectivity index (χ0) is 15.1. The van der Waals surface area contributed by atoms with Gasteiger partial charge < -0.3 is 10.6 Å². The van der Waals surface area contributed by atoms with Crippen LogP contribution in [0.25, 0.3) is 0 Å². The smallest absolute Gasteiger partial charge is 0.252 e. The van der Waals surface area contributed by atoms with Gasteiger partial charge in [0.05, 0.1) is 11.7 Å². The lowest BCUT2D eigenvalue weighted by molar-refractivity contribution is 0.0958. The van der Waals surface area contributed by atoms with E-state index in [1.807, 2.05) is 13.8 Å². The molecule has 1 aromatic carbocycles. The molecule has 0 radical (unpaired) electrons. The van der Waals surface area contributed by atoms with Crippen LogP contribution in [0.1, 0.15) is 35.8 Å². The number of hydrogen-bond acceptors (Lipinski definition) is 4. The fourth-order valence-electron chi connectivity index (χ4n) is 2.34. The molecule has 6 nitrogen and oxygen atoms in total. The van der Waals surface area contributed by atoms with Crippen LogP contribution in [-0.4, -0.2) is 20.7 Å². The number of aromatic nitrogens is 3. The van der Waals surface area contributed by atoms with Gasteiger partial charge in [0.25, 0.3) is 5.91 Å². The Kier molecular flexibility index (Phi) is 3.40. The summed E-state index contributed by atoms with van der Waals surface area (Å²) in [6.07, 6.45) is 0. The summed E-state index contributed by atoms with van der Waals surface area (Å²) in [7, 11) is 0. The van der Waals surface area contributed by atoms with Crippen molar-refractivity contribution in [1.82, 2.24) is 20.1 Å². The molecule has 1 aliphatic rings. The number of nitrogens with one attached hydrogen (secondary N) is 2. The number of benzene rings is 1. The highest BCUT2D eigenvalue weighted by atomic mass is 79.9. The molecule has 1 atom stereocenters. The van der Waals surface area contributed by atoms with Crippen molar-refractivity contribution in [1.29, 1.82) is 0 Å². The number of anilines is 2. The number of rotatable bonds is 3. The third kappa shape index (κ3) is 2.39. The van der Waals surface area contributed by atoms with Crippen molar-refractivity contribution >= 4 is 33.5 Å². The van der Waals surface area contributed by atoms with Gasteiger partial charge in [-0.1, -0.05) is 0 Å². The number of nitrogens with zero attached hydrogens (tertiary/aromatic N) is 3. The van der Waals surface area contributed by atoms with Crippen LogP contribution in [0.2, 0.25) is 0 Å². The molecular formula is C13H13BrFN5O. The largest absolute Gasteiger partial charge is 0.345 e. The zero-order valence-electron chi connectivity index (χ0n) is 11.4. The first-order valence-electron chi connectivity index (χ1n) is 6.51. The second kappa shape index (κ2) is 5.10. The summed E-state index contributed by atoms with van der Waals surface area (Å²) < 4.78 is 16.2. The summed E-state index contributed by atoms with van der Waals surface area (Å²) in [6, 6.07) is 2.75. The monoisotopic (exact) mass is 353 g/mol. The number of hydrogen-bond donors (Lipinski definition) is 2. The van der Waals surface area contributed by atoms with E-state index in [4.69, 9.17) is 0 Å². The molecule has 0 spiro atoms. The maximum Gasteiger partial charge on any atom is 0.252 e. The first kappa shape index (κ1) is 14.0. The van der Waals surface area contributed by atoms with Crippen LogP contribution >= 0.6 is 15.9 Å². The fraction of sp³-hybridized carbons (Fsp3) is 0.308. The number of aryl methyl sites for hydroxylation is 1. The quantitative estimate of drug-likeness (QED) is 0.889. The number of amides is 1. The van der Waals surface area contributed by atoms with Gasteiger partial charge in [-0.15, -0.1) is 5.10 Å². The minimum atomic E-state index is -0.500. The molecule has 0 saturated carbocycles. The average Bonchev–Trinajstić information content (AvgIpc) is 2.92. The number of carbonyl (C=O) groups excluding carboxylic acids is 1. The standard InChI is InChI=1S/C13H13BrFN5O/c1-3-20-13(18-12(14)19-20)17-10-5-7-6(2)16-11(21)8(7)4-9(10)15/h4-6H,3H2,1-2H3,(H,16,21)(H,17,18,19). The van der Waals surface area contributed by atoms with Gasteiger partial charge in [0.2, 0.25) is 10.7 Å². The maximum atomic E-state index is 14.2. The predicted octanol–water partition coefficient (Wildman–Crippen LogP) is 2.75. The summed E-state index contributed by atoms with van der Waals surface area (Å²) in [5.41, 5.74) is 1.42. The molecule has 2 heterocycles. The van der Waals surface area contributed by atoms with Gasteiger partial charge in [-0.2, -0.15) is 4.98 Å². The Morgan fingerprint density at radius 2 is 2.29 bits per heavy atom. The molecule has 0 saturated heterocycles. The van der Waals surface area contributed by atoms with Crippen LogP contribution in [0.3, 0.4) is 0 Å². The minimum Gasteiger partial charge on any atom is -0.345 e. The SMILES string of the molecule is CCn1nc(Br)nc1Nc1cc2c(cc1F)C(=O)NC2C. The molecule has 0 fully saturated rings. The van der Waals surface area contributed by atoms with E-state index in [-0.39, 0.29) is 17.6 Å². The van der Waals surface area contributed by atoms with Crippen LogP contribution in [0.15, 0.2) is 16.9 Å². The van der Waals surface area contributed by atoms with Gasteiger partial charge in [-0.3, -0.25) is 4.79 Å². The Morgan fingerprint density at radius 3 is 3.00 bits per heavy atom. The molecule has 1 aliphatic heterocycles. The second-order valence-electron chi connectivity index (χ2n) is 4.76. The molecule has 2 N–H and O–H groups in total. The molecule has 1 amide bonds. The summed E-state index contributed by atoms with van der Waals surface area (Å²) in [4.78, 5) is 15.8. The van der Waals surface area contributed by atoms with E-state index in [2.05, 4.69) is 36.6 Å². The van der Waals surface area contributed by atoms with E-state index < -0.39 is 5.82 Å². The van der Waals surface area contributed by atoms with Crippen molar-refractivity contribution in [3.8, 4) is 0 Å². The van der Waals surface area contributed by atoms with E-state index in [0.29, 0.717) is 22.8 Å². The topological polar surface area (TPSA) is 71.8 Å². The van der Waals surface area contributed by atoms with E-state index in [9.17, 15) is 9.18 Å². The highest BCUT2D eigenvalue weighted by Gasteiger charge is 2.27. The van der Waals surface area contributed by atoms with E-state index in [1.54, 1.807) is 10.7 Å². The molecule has 0 aliphatic carbocycles. The summed E-state index contributed by atoms with van der Waals surface area (Å²) in [6.45, 7) is 4.37. The Bertz CT molecular complexity index is 730. The van der Waals surface area contributed by atoms with Crippen molar-refractivity contribution in [2.45, 2.75) is 26.4 Å². The Balaban J connectivity index is 2.00. The Morgan fingerprint density at radius 1 is 1.52 bits per heavy atom. The zero-order valence-corrected chi connectivity index (χ0v) is 13.0. The lowest BCUT2D eigenvalue weighted by Crippen LogP contribution is -2.16. The average molecular weight is 354 g/mol. The number of carbonyl (C=O) groups is 1. The first-order valence-corrected chi connectivity index (χ1v) is 7.30. The van der Waals surface area contributed by atoms with Crippen LogP contribution in [0.5, 0.6) is 0 Å². The Hall–Kier alpha value is -1.96. The molecule has 110 valence electrons. The molecule has 1 unspecified atom stereocenters. The normalized spacial score (nSPS) is 16.8. The molecule has 21 heavy (non-hydrogen) atoms. The van der Waals surface area contributed by atoms with Gasteiger partial charge in [0.1, 0.15) is 5.82 Å². The van der Waals surface area contributed by atoms with Crippen LogP contribution < -0.4 is 10.6 Å². The van der Waals surface area contributed by atoms with Crippen molar-refractivity contribution in [2.75, 3.05) is 5.32 Å². The lowest BCUT2D eigenvalue weighted by atomic mass is 10.0. The highest BCUT2D eigenvalue weighted by Crippen LogP contribution is 2.31. The fourth-order valence-corrected chi connectivity index (χ4v) is 2.70. The number of fused-ring (bicyclic) bond motifs is 1. The predicted molar refractivity (Wildman–Crippen MR) is 79.0 cm³/mol. The number of halogens is 2. The lowest BCUT2D eigenvalue weighted by Gasteiger charge is -2.10. The maximum absolute atomic E-state index is 14.2. The van der Waals surface area contributed by atoms with Crippen LogP contribution in [0.4, 0.5) is 16.0 Å². The Labute approximate surface area is 128 Å². The van der Waals surface area contributed by atoms with Gasteiger partial charge >= 0.3 is 0 Å². The molecular weight excluding hydrogens is 341 g/mol. The summed E-state index contributed by atoms with van der Waals surface area (Å²) in [5, 5.41) is 9.80. The van der Waals surface area contributed by atoms with E-state index >= 15 is 0 Å². The minimum absolute atomic E-state index is 0.135. The first-order chi connectivity index (χ1) is 9.99. The second-order valence-corrected chi connectivity index (χ2v) is 5.47. The molecule has 3 rings (SSSR count). The van der Waals surface area contributed by atoms with Gasteiger partial charge in [-0.25, -0.2) is 9.07 Å². The van der Waals surface area contributed by atoms with Crippen molar-refractivity contribution in [2.24, 2.45) is 0 Å². The highest BCUT2D eigenvalue weighted by molar-refractivity contribution is 9.10. The van der Waals surface area contributed by atoms with E-state index in [1.165, 1.54) is 6.07 Å². The van der Waals surface area contributed by atoms with Crippen molar-refractivity contribution in [3.05, 3.63) is 33.8 Å². The van der Waals surface area contributed by atoms with E-state index in [0.717, 1.165) is 5.56 Å². The van der Waals surface area contributed by atoms with Gasteiger partial charge in [0.15, 0.2) is 0 Å².